The molecule has 2 rings (SSSR count). The van der Waals surface area contributed by atoms with Gasteiger partial charge in [-0.3, -0.25) is 0 Å². The largest absolute Gasteiger partial charge is 0.416 e. The van der Waals surface area contributed by atoms with Crippen LogP contribution in [0.1, 0.15) is 11.1 Å². The molecule has 0 fully saturated rings. The Bertz CT molecular complexity index is 559. The number of terminal acetylenes is 1. The standard InChI is InChI=1S/C13H7F3S/c1-2-9-5-11(10-3-4-17-8-10)7-12(6-9)13(14,15)16/h1,3-8H. The van der Waals surface area contributed by atoms with E-state index in [1.807, 2.05) is 5.38 Å². The normalized spacial score (nSPS) is 11.2. The predicted octanol–water partition coefficient (Wildman–Crippen LogP) is 4.42. The Balaban J connectivity index is 2.59. The molecule has 0 atom stereocenters. The fourth-order valence-corrected chi connectivity index (χ4v) is 2.13. The fourth-order valence-electron chi connectivity index (χ4n) is 1.47. The van der Waals surface area contributed by atoms with Crippen LogP contribution in [0.3, 0.4) is 0 Å². The Hall–Kier alpha value is -1.73. The number of rotatable bonds is 1. The topological polar surface area (TPSA) is 0 Å². The Morgan fingerprint density at radius 2 is 1.88 bits per heavy atom. The first-order valence-corrected chi connectivity index (χ1v) is 5.66. The molecule has 0 aliphatic heterocycles. The summed E-state index contributed by atoms with van der Waals surface area (Å²) in [5.74, 6) is 2.25. The van der Waals surface area contributed by atoms with Gasteiger partial charge in [-0.05, 0) is 46.2 Å². The fraction of sp³-hybridized carbons (Fsp3) is 0.0769. The molecule has 1 aromatic carbocycles. The van der Waals surface area contributed by atoms with Gasteiger partial charge in [-0.15, -0.1) is 6.42 Å². The zero-order valence-electron chi connectivity index (χ0n) is 8.58. The number of halogens is 3. The zero-order chi connectivity index (χ0) is 12.5. The maximum Gasteiger partial charge on any atom is 0.416 e. The van der Waals surface area contributed by atoms with E-state index in [0.29, 0.717) is 5.56 Å². The van der Waals surface area contributed by atoms with E-state index in [4.69, 9.17) is 6.42 Å². The summed E-state index contributed by atoms with van der Waals surface area (Å²) in [7, 11) is 0. The molecule has 0 aliphatic rings. The Morgan fingerprint density at radius 1 is 1.12 bits per heavy atom. The van der Waals surface area contributed by atoms with Crippen molar-refractivity contribution >= 4 is 11.3 Å². The SMILES string of the molecule is C#Cc1cc(-c2ccsc2)cc(C(F)(F)F)c1. The van der Waals surface area contributed by atoms with E-state index in [0.717, 1.165) is 17.7 Å². The molecule has 0 aliphatic carbocycles. The third-order valence-corrected chi connectivity index (χ3v) is 2.96. The van der Waals surface area contributed by atoms with Gasteiger partial charge < -0.3 is 0 Å². The molecule has 2 aromatic rings. The summed E-state index contributed by atoms with van der Waals surface area (Å²) < 4.78 is 38.0. The molecular weight excluding hydrogens is 245 g/mol. The summed E-state index contributed by atoms with van der Waals surface area (Å²) in [5, 5.41) is 3.60. The van der Waals surface area contributed by atoms with E-state index in [-0.39, 0.29) is 5.56 Å². The third-order valence-electron chi connectivity index (χ3n) is 2.28. The molecule has 0 saturated heterocycles. The van der Waals surface area contributed by atoms with E-state index in [1.165, 1.54) is 11.3 Å². The predicted molar refractivity (Wildman–Crippen MR) is 62.7 cm³/mol. The van der Waals surface area contributed by atoms with Crippen molar-refractivity contribution in [3.63, 3.8) is 0 Å². The maximum atomic E-state index is 12.7. The average molecular weight is 252 g/mol. The van der Waals surface area contributed by atoms with E-state index >= 15 is 0 Å². The minimum atomic E-state index is -4.38. The number of hydrogen-bond donors (Lipinski definition) is 0. The van der Waals surface area contributed by atoms with Crippen LogP contribution in [0.25, 0.3) is 11.1 Å². The second-order valence-corrected chi connectivity index (χ2v) is 4.23. The summed E-state index contributed by atoms with van der Waals surface area (Å²) in [6.45, 7) is 0. The molecule has 0 N–H and O–H groups in total. The van der Waals surface area contributed by atoms with E-state index < -0.39 is 11.7 Å². The van der Waals surface area contributed by atoms with Crippen molar-refractivity contribution in [2.75, 3.05) is 0 Å². The second-order valence-electron chi connectivity index (χ2n) is 3.45. The van der Waals surface area contributed by atoms with Crippen LogP contribution in [-0.2, 0) is 6.18 Å². The molecule has 0 saturated carbocycles. The average Bonchev–Trinajstić information content (AvgIpc) is 2.80. The highest BCUT2D eigenvalue weighted by Gasteiger charge is 2.31. The van der Waals surface area contributed by atoms with Crippen molar-refractivity contribution in [3.8, 4) is 23.5 Å². The van der Waals surface area contributed by atoms with Crippen LogP contribution in [0.5, 0.6) is 0 Å². The molecular formula is C13H7F3S. The number of thiophene rings is 1. The Morgan fingerprint density at radius 3 is 2.41 bits per heavy atom. The minimum Gasteiger partial charge on any atom is -0.166 e. The first kappa shape index (κ1) is 11.7. The molecule has 17 heavy (non-hydrogen) atoms. The summed E-state index contributed by atoms with van der Waals surface area (Å²) in [4.78, 5) is 0. The second kappa shape index (κ2) is 4.27. The van der Waals surface area contributed by atoms with Gasteiger partial charge in [0.2, 0.25) is 0 Å². The number of hydrogen-bond acceptors (Lipinski definition) is 1. The van der Waals surface area contributed by atoms with Crippen LogP contribution in [-0.4, -0.2) is 0 Å². The Labute approximate surface area is 101 Å². The van der Waals surface area contributed by atoms with Crippen LogP contribution < -0.4 is 0 Å². The molecule has 4 heteroatoms. The Kier molecular flexibility index (Phi) is 2.95. The first-order chi connectivity index (χ1) is 8.00. The molecule has 86 valence electrons. The van der Waals surface area contributed by atoms with Crippen molar-refractivity contribution in [3.05, 3.63) is 46.2 Å². The van der Waals surface area contributed by atoms with Gasteiger partial charge in [0.1, 0.15) is 0 Å². The lowest BCUT2D eigenvalue weighted by atomic mass is 10.0. The minimum absolute atomic E-state index is 0.237. The lowest BCUT2D eigenvalue weighted by Gasteiger charge is -2.09. The van der Waals surface area contributed by atoms with Gasteiger partial charge in [-0.2, -0.15) is 24.5 Å². The van der Waals surface area contributed by atoms with Crippen LogP contribution in [0.4, 0.5) is 13.2 Å². The van der Waals surface area contributed by atoms with Crippen LogP contribution in [0, 0.1) is 12.3 Å². The van der Waals surface area contributed by atoms with Crippen LogP contribution in [0.2, 0.25) is 0 Å². The highest BCUT2D eigenvalue weighted by Crippen LogP contribution is 2.33. The van der Waals surface area contributed by atoms with E-state index in [9.17, 15) is 13.2 Å². The van der Waals surface area contributed by atoms with Gasteiger partial charge in [-0.25, -0.2) is 0 Å². The van der Waals surface area contributed by atoms with Crippen molar-refractivity contribution in [1.29, 1.82) is 0 Å². The van der Waals surface area contributed by atoms with Gasteiger partial charge in [0.05, 0.1) is 5.56 Å². The molecule has 0 amide bonds. The van der Waals surface area contributed by atoms with Gasteiger partial charge in [-0.1, -0.05) is 5.92 Å². The highest BCUT2D eigenvalue weighted by molar-refractivity contribution is 7.08. The van der Waals surface area contributed by atoms with Crippen molar-refractivity contribution in [1.82, 2.24) is 0 Å². The smallest absolute Gasteiger partial charge is 0.166 e. The van der Waals surface area contributed by atoms with Crippen LogP contribution in [0.15, 0.2) is 35.0 Å². The van der Waals surface area contributed by atoms with Gasteiger partial charge in [0, 0.05) is 5.56 Å². The van der Waals surface area contributed by atoms with Crippen molar-refractivity contribution in [2.24, 2.45) is 0 Å². The van der Waals surface area contributed by atoms with Gasteiger partial charge in [0.15, 0.2) is 0 Å². The van der Waals surface area contributed by atoms with Crippen LogP contribution >= 0.6 is 11.3 Å². The first-order valence-electron chi connectivity index (χ1n) is 4.72. The highest BCUT2D eigenvalue weighted by atomic mass is 32.1. The zero-order valence-corrected chi connectivity index (χ0v) is 9.40. The summed E-state index contributed by atoms with van der Waals surface area (Å²) >= 11 is 1.43. The van der Waals surface area contributed by atoms with E-state index in [2.05, 4.69) is 5.92 Å². The number of benzene rings is 1. The molecule has 0 unspecified atom stereocenters. The lowest BCUT2D eigenvalue weighted by Crippen LogP contribution is -2.05. The molecule has 0 spiro atoms. The van der Waals surface area contributed by atoms with E-state index in [1.54, 1.807) is 17.5 Å². The molecule has 0 bridgehead atoms. The quantitative estimate of drug-likeness (QED) is 0.659. The summed E-state index contributed by atoms with van der Waals surface area (Å²) in [6, 6.07) is 5.44. The van der Waals surface area contributed by atoms with Crippen molar-refractivity contribution < 1.29 is 13.2 Å². The summed E-state index contributed by atoms with van der Waals surface area (Å²) in [6.07, 6.45) is 0.792. The summed E-state index contributed by atoms with van der Waals surface area (Å²) in [5.41, 5.74) is 0.766. The monoisotopic (exact) mass is 252 g/mol. The molecule has 0 radical (unpaired) electrons. The third kappa shape index (κ3) is 2.51. The molecule has 1 heterocycles. The molecule has 1 aromatic heterocycles. The molecule has 0 nitrogen and oxygen atoms in total. The van der Waals surface area contributed by atoms with Gasteiger partial charge >= 0.3 is 6.18 Å². The number of alkyl halides is 3. The van der Waals surface area contributed by atoms with Crippen molar-refractivity contribution in [2.45, 2.75) is 6.18 Å². The maximum absolute atomic E-state index is 12.7. The lowest BCUT2D eigenvalue weighted by molar-refractivity contribution is -0.137. The van der Waals surface area contributed by atoms with Gasteiger partial charge in [0.25, 0.3) is 0 Å².